The summed E-state index contributed by atoms with van der Waals surface area (Å²) < 4.78 is 2.14. The first-order chi connectivity index (χ1) is 12.5. The Morgan fingerprint density at radius 3 is 2.73 bits per heavy atom. The molecule has 1 aromatic rings. The van der Waals surface area contributed by atoms with Gasteiger partial charge in [0.05, 0.1) is 24.0 Å². The summed E-state index contributed by atoms with van der Waals surface area (Å²) in [5, 5.41) is 3.36. The number of hydrogen-bond donors (Lipinski definition) is 1. The third-order valence-corrected chi connectivity index (χ3v) is 7.59. The summed E-state index contributed by atoms with van der Waals surface area (Å²) >= 11 is 1.25. The zero-order chi connectivity index (χ0) is 17.9. The van der Waals surface area contributed by atoms with Crippen LogP contribution in [0, 0.1) is 17.3 Å². The normalized spacial score (nSPS) is 37.5. The molecule has 4 fully saturated rings. The number of imidazole rings is 1. The number of hydrogen-bond acceptors (Lipinski definition) is 4. The fourth-order valence-electron chi connectivity index (χ4n) is 6.62. The highest BCUT2D eigenvalue weighted by atomic mass is 32.2. The molecule has 26 heavy (non-hydrogen) atoms. The first kappa shape index (κ1) is 16.7. The van der Waals surface area contributed by atoms with Gasteiger partial charge in [-0.25, -0.2) is 4.98 Å². The van der Waals surface area contributed by atoms with Crippen molar-refractivity contribution in [3.63, 3.8) is 0 Å². The molecule has 0 radical (unpaired) electrons. The predicted octanol–water partition coefficient (Wildman–Crippen LogP) is 2.64. The van der Waals surface area contributed by atoms with Crippen molar-refractivity contribution in [1.82, 2.24) is 19.8 Å². The van der Waals surface area contributed by atoms with E-state index in [0.717, 1.165) is 50.9 Å². The molecule has 0 aromatic carbocycles. The molecule has 4 aliphatic carbocycles. The second-order valence-corrected chi connectivity index (χ2v) is 9.72. The van der Waals surface area contributed by atoms with E-state index < -0.39 is 0 Å². The third-order valence-electron chi connectivity index (χ3n) is 7.12. The average molecular weight is 375 g/mol. The summed E-state index contributed by atoms with van der Waals surface area (Å²) in [4.78, 5) is 32.1. The van der Waals surface area contributed by atoms with Crippen molar-refractivity contribution in [3.05, 3.63) is 18.2 Å². The molecule has 7 heteroatoms. The first-order valence-electron chi connectivity index (χ1n) is 9.65. The maximum atomic E-state index is 13.7. The summed E-state index contributed by atoms with van der Waals surface area (Å²) in [5.41, 5.74) is 0.703. The monoisotopic (exact) mass is 374 g/mol. The smallest absolute Gasteiger partial charge is 0.279 e. The van der Waals surface area contributed by atoms with E-state index in [1.54, 1.807) is 0 Å². The van der Waals surface area contributed by atoms with Crippen LogP contribution in [0.5, 0.6) is 0 Å². The van der Waals surface area contributed by atoms with Gasteiger partial charge in [-0.05, 0) is 56.6 Å². The Labute approximate surface area is 158 Å². The number of nitrogens with zero attached hydrogens (tertiary/aromatic N) is 3. The van der Waals surface area contributed by atoms with Gasteiger partial charge in [-0.15, -0.1) is 0 Å². The lowest BCUT2D eigenvalue weighted by atomic mass is 9.46. The van der Waals surface area contributed by atoms with Crippen LogP contribution in [0.2, 0.25) is 0 Å². The van der Waals surface area contributed by atoms with Crippen LogP contribution in [0.25, 0.3) is 0 Å². The number of carbonyl (C=O) groups is 2. The molecule has 1 aromatic heterocycles. The molecular formula is C19H26N4O2S. The number of thioether (sulfide) groups is 1. The Balaban J connectivity index is 1.41. The molecule has 0 saturated heterocycles. The molecule has 1 aliphatic heterocycles. The minimum absolute atomic E-state index is 0.0522. The van der Waals surface area contributed by atoms with Gasteiger partial charge in [-0.3, -0.25) is 9.59 Å². The van der Waals surface area contributed by atoms with E-state index in [-0.39, 0.29) is 16.2 Å². The van der Waals surface area contributed by atoms with Crippen LogP contribution in [0.1, 0.15) is 44.2 Å². The topological polar surface area (TPSA) is 67.2 Å². The van der Waals surface area contributed by atoms with Crippen LogP contribution in [0.15, 0.2) is 12.5 Å². The lowest BCUT2D eigenvalue weighted by molar-refractivity contribution is -0.162. The molecule has 4 saturated carbocycles. The Morgan fingerprint density at radius 2 is 2.00 bits per heavy atom. The van der Waals surface area contributed by atoms with Crippen molar-refractivity contribution in [3.8, 4) is 0 Å². The molecular weight excluding hydrogens is 348 g/mol. The number of aromatic nitrogens is 2. The van der Waals surface area contributed by atoms with Gasteiger partial charge in [0.1, 0.15) is 0 Å². The summed E-state index contributed by atoms with van der Waals surface area (Å²) in [6.07, 6.45) is 11.7. The van der Waals surface area contributed by atoms with Crippen LogP contribution in [-0.2, 0) is 17.9 Å². The molecule has 140 valence electrons. The molecule has 2 unspecified atom stereocenters. The molecule has 2 heterocycles. The fraction of sp³-hybridized carbons (Fsp3) is 0.737. The van der Waals surface area contributed by atoms with Crippen molar-refractivity contribution in [1.29, 1.82) is 0 Å². The summed E-state index contributed by atoms with van der Waals surface area (Å²) in [6, 6.07) is 0. The van der Waals surface area contributed by atoms with Gasteiger partial charge in [0.2, 0.25) is 5.91 Å². The van der Waals surface area contributed by atoms with Gasteiger partial charge in [0.25, 0.3) is 5.24 Å². The number of fused-ring (bicyclic) bond motifs is 1. The van der Waals surface area contributed by atoms with E-state index >= 15 is 0 Å². The highest BCUT2D eigenvalue weighted by Gasteiger charge is 2.61. The van der Waals surface area contributed by atoms with Gasteiger partial charge in [-0.1, -0.05) is 11.8 Å². The van der Waals surface area contributed by atoms with Gasteiger partial charge >= 0.3 is 0 Å². The first-order valence-corrected chi connectivity index (χ1v) is 10.9. The number of nitrogens with one attached hydrogen (secondary N) is 1. The molecule has 6 rings (SSSR count). The third kappa shape index (κ3) is 2.50. The number of carbonyl (C=O) groups excluding carboxylic acids is 2. The molecule has 1 N–H and O–H groups in total. The van der Waals surface area contributed by atoms with Crippen LogP contribution in [0.3, 0.4) is 0 Å². The Kier molecular flexibility index (Phi) is 3.68. The standard InChI is InChI=1S/C19H26N4O2S/c1-26-17(25)21-19-7-13-4-14(8-19)6-18(5-13,11-19)16(24)22-2-3-23-12-20-9-15(23)10-22/h9,12-14H,2-8,10-11H2,1H3,(H,21,25). The van der Waals surface area contributed by atoms with Crippen molar-refractivity contribution >= 4 is 22.9 Å². The molecule has 2 atom stereocenters. The molecule has 2 amide bonds. The maximum Gasteiger partial charge on any atom is 0.279 e. The minimum atomic E-state index is -0.266. The van der Waals surface area contributed by atoms with Crippen LogP contribution in [-0.4, -0.2) is 43.9 Å². The highest BCUT2D eigenvalue weighted by Crippen LogP contribution is 2.62. The van der Waals surface area contributed by atoms with Gasteiger partial charge in [0, 0.05) is 24.8 Å². The van der Waals surface area contributed by atoms with Crippen molar-refractivity contribution in [2.24, 2.45) is 17.3 Å². The summed E-state index contributed by atoms with van der Waals surface area (Å²) in [7, 11) is 0. The molecule has 6 nitrogen and oxygen atoms in total. The van der Waals surface area contributed by atoms with E-state index in [9.17, 15) is 9.59 Å². The van der Waals surface area contributed by atoms with Crippen molar-refractivity contribution in [2.75, 3.05) is 12.8 Å². The highest BCUT2D eigenvalue weighted by molar-refractivity contribution is 8.12. The van der Waals surface area contributed by atoms with Crippen molar-refractivity contribution < 1.29 is 9.59 Å². The van der Waals surface area contributed by atoms with Gasteiger partial charge in [-0.2, -0.15) is 0 Å². The largest absolute Gasteiger partial charge is 0.341 e. The summed E-state index contributed by atoms with van der Waals surface area (Å²) in [6.45, 7) is 2.27. The van der Waals surface area contributed by atoms with Gasteiger partial charge in [0.15, 0.2) is 0 Å². The van der Waals surface area contributed by atoms with E-state index in [2.05, 4.69) is 14.9 Å². The lowest BCUT2D eigenvalue weighted by Crippen LogP contribution is -2.66. The number of rotatable bonds is 2. The minimum Gasteiger partial charge on any atom is -0.341 e. The fourth-order valence-corrected chi connectivity index (χ4v) is 6.94. The lowest BCUT2D eigenvalue weighted by Gasteiger charge is -2.62. The number of amides is 2. The second-order valence-electron chi connectivity index (χ2n) is 8.94. The predicted molar refractivity (Wildman–Crippen MR) is 99.5 cm³/mol. The Morgan fingerprint density at radius 1 is 1.23 bits per heavy atom. The van der Waals surface area contributed by atoms with Crippen LogP contribution >= 0.6 is 11.8 Å². The maximum absolute atomic E-state index is 13.7. The molecule has 5 aliphatic rings. The Hall–Kier alpha value is -1.50. The zero-order valence-electron chi connectivity index (χ0n) is 15.2. The second kappa shape index (κ2) is 5.75. The Bertz CT molecular complexity index is 746. The van der Waals surface area contributed by atoms with E-state index in [4.69, 9.17) is 0 Å². The van der Waals surface area contributed by atoms with Crippen LogP contribution in [0.4, 0.5) is 4.79 Å². The summed E-state index contributed by atoms with van der Waals surface area (Å²) in [5.74, 6) is 1.48. The quantitative estimate of drug-likeness (QED) is 0.864. The SMILES string of the molecule is CSC(=O)NC12CC3CC(C1)CC(C(=O)N1CCn4cncc4C1)(C3)C2. The van der Waals surface area contributed by atoms with Crippen molar-refractivity contribution in [2.45, 2.75) is 57.2 Å². The molecule has 0 spiro atoms. The van der Waals surface area contributed by atoms with E-state index in [0.29, 0.717) is 24.3 Å². The van der Waals surface area contributed by atoms with Crippen LogP contribution < -0.4 is 5.32 Å². The van der Waals surface area contributed by atoms with E-state index in [1.807, 2.05) is 23.7 Å². The zero-order valence-corrected chi connectivity index (χ0v) is 16.1. The average Bonchev–Trinajstić information content (AvgIpc) is 3.07. The molecule has 4 bridgehead atoms. The van der Waals surface area contributed by atoms with Gasteiger partial charge < -0.3 is 14.8 Å². The van der Waals surface area contributed by atoms with E-state index in [1.165, 1.54) is 18.2 Å².